The van der Waals surface area contributed by atoms with Gasteiger partial charge in [-0.1, -0.05) is 17.7 Å². The molecule has 4 heteroatoms. The summed E-state index contributed by atoms with van der Waals surface area (Å²) in [6.45, 7) is 3.69. The number of halogens is 1. The molecule has 0 radical (unpaired) electrons. The zero-order valence-corrected chi connectivity index (χ0v) is 9.97. The van der Waals surface area contributed by atoms with Crippen molar-refractivity contribution in [3.05, 3.63) is 34.3 Å². The zero-order chi connectivity index (χ0) is 11.5. The van der Waals surface area contributed by atoms with Gasteiger partial charge in [0, 0.05) is 23.2 Å². The Kier molecular flexibility index (Phi) is 3.46. The highest BCUT2D eigenvalue weighted by Crippen LogP contribution is 2.18. The van der Waals surface area contributed by atoms with E-state index >= 15 is 0 Å². The molecule has 0 spiro atoms. The molecule has 1 aliphatic rings. The first kappa shape index (κ1) is 11.4. The number of benzene rings is 1. The molecule has 1 fully saturated rings. The van der Waals surface area contributed by atoms with Gasteiger partial charge in [0.05, 0.1) is 0 Å². The molecule has 1 heterocycles. The van der Waals surface area contributed by atoms with Crippen LogP contribution in [0, 0.1) is 6.92 Å². The molecule has 2 rings (SSSR count). The molecule has 1 saturated heterocycles. The third kappa shape index (κ3) is 2.36. The first-order valence-corrected chi connectivity index (χ1v) is 5.83. The van der Waals surface area contributed by atoms with Gasteiger partial charge >= 0.3 is 0 Å². The molecular weight excluding hydrogens is 224 g/mol. The van der Waals surface area contributed by atoms with Crippen molar-refractivity contribution in [2.45, 2.75) is 19.4 Å². The number of rotatable bonds is 2. The highest BCUT2D eigenvalue weighted by molar-refractivity contribution is 6.31. The summed E-state index contributed by atoms with van der Waals surface area (Å²) in [5.41, 5.74) is 1.51. The molecule has 2 N–H and O–H groups in total. The maximum atomic E-state index is 12.0. The topological polar surface area (TPSA) is 41.1 Å². The second-order valence-electron chi connectivity index (χ2n) is 4.08. The number of hydrogen-bond donors (Lipinski definition) is 2. The number of hydrogen-bond acceptors (Lipinski definition) is 2. The Labute approximate surface area is 100 Å². The van der Waals surface area contributed by atoms with Gasteiger partial charge in [-0.2, -0.15) is 0 Å². The molecule has 0 unspecified atom stereocenters. The van der Waals surface area contributed by atoms with E-state index in [9.17, 15) is 4.79 Å². The summed E-state index contributed by atoms with van der Waals surface area (Å²) < 4.78 is 0. The predicted molar refractivity (Wildman–Crippen MR) is 64.9 cm³/mol. The van der Waals surface area contributed by atoms with Crippen molar-refractivity contribution >= 4 is 17.5 Å². The molecule has 86 valence electrons. The highest BCUT2D eigenvalue weighted by atomic mass is 35.5. The fraction of sp³-hybridized carbons (Fsp3) is 0.417. The van der Waals surface area contributed by atoms with E-state index in [0.29, 0.717) is 10.6 Å². The molecule has 1 aliphatic heterocycles. The quantitative estimate of drug-likeness (QED) is 0.824. The maximum absolute atomic E-state index is 12.0. The normalized spacial score (nSPS) is 19.8. The van der Waals surface area contributed by atoms with Crippen molar-refractivity contribution in [2.75, 3.05) is 13.1 Å². The minimum absolute atomic E-state index is 0.0336. The standard InChI is InChI=1S/C12H15ClN2O/c1-8-10(3-2-4-11(8)13)12(16)15-9-5-6-14-7-9/h2-4,9,14H,5-7H2,1H3,(H,15,16)/t9-/m0/s1. The zero-order valence-electron chi connectivity index (χ0n) is 9.22. The summed E-state index contributed by atoms with van der Waals surface area (Å²) in [6.07, 6.45) is 0.991. The summed E-state index contributed by atoms with van der Waals surface area (Å²) in [6, 6.07) is 5.65. The van der Waals surface area contributed by atoms with Gasteiger partial charge in [0.25, 0.3) is 5.91 Å². The van der Waals surface area contributed by atoms with E-state index in [2.05, 4.69) is 10.6 Å². The summed E-state index contributed by atoms with van der Waals surface area (Å²) in [4.78, 5) is 12.0. The van der Waals surface area contributed by atoms with Crippen LogP contribution in [0.1, 0.15) is 22.3 Å². The van der Waals surface area contributed by atoms with E-state index in [1.54, 1.807) is 18.2 Å². The van der Waals surface area contributed by atoms with Gasteiger partial charge in [-0.3, -0.25) is 4.79 Å². The van der Waals surface area contributed by atoms with Crippen molar-refractivity contribution in [1.82, 2.24) is 10.6 Å². The Hall–Kier alpha value is -1.06. The smallest absolute Gasteiger partial charge is 0.251 e. The van der Waals surface area contributed by atoms with Crippen LogP contribution in [0.4, 0.5) is 0 Å². The van der Waals surface area contributed by atoms with Crippen molar-refractivity contribution in [3.63, 3.8) is 0 Å². The SMILES string of the molecule is Cc1c(Cl)cccc1C(=O)N[C@H]1CCNC1. The lowest BCUT2D eigenvalue weighted by atomic mass is 10.1. The molecule has 0 bridgehead atoms. The minimum Gasteiger partial charge on any atom is -0.348 e. The van der Waals surface area contributed by atoms with E-state index < -0.39 is 0 Å². The second kappa shape index (κ2) is 4.85. The lowest BCUT2D eigenvalue weighted by Crippen LogP contribution is -2.36. The van der Waals surface area contributed by atoms with Crippen LogP contribution in [0.25, 0.3) is 0 Å². The summed E-state index contributed by atoms with van der Waals surface area (Å²) in [7, 11) is 0. The molecule has 0 aliphatic carbocycles. The molecule has 1 aromatic carbocycles. The van der Waals surface area contributed by atoms with Gasteiger partial charge in [-0.05, 0) is 37.6 Å². The molecule has 1 amide bonds. The lowest BCUT2D eigenvalue weighted by Gasteiger charge is -2.13. The average molecular weight is 239 g/mol. The summed E-state index contributed by atoms with van der Waals surface area (Å²) in [5.74, 6) is -0.0336. The van der Waals surface area contributed by atoms with Crippen LogP contribution < -0.4 is 10.6 Å². The van der Waals surface area contributed by atoms with E-state index in [1.807, 2.05) is 6.92 Å². The summed E-state index contributed by atoms with van der Waals surface area (Å²) in [5, 5.41) is 6.85. The monoisotopic (exact) mass is 238 g/mol. The predicted octanol–water partition coefficient (Wildman–Crippen LogP) is 1.74. The van der Waals surface area contributed by atoms with Crippen molar-refractivity contribution in [1.29, 1.82) is 0 Å². The fourth-order valence-corrected chi connectivity index (χ4v) is 2.07. The van der Waals surface area contributed by atoms with Gasteiger partial charge in [0.15, 0.2) is 0 Å². The first-order valence-electron chi connectivity index (χ1n) is 5.45. The first-order chi connectivity index (χ1) is 7.68. The van der Waals surface area contributed by atoms with E-state index in [-0.39, 0.29) is 11.9 Å². The Morgan fingerprint density at radius 1 is 1.56 bits per heavy atom. The molecule has 3 nitrogen and oxygen atoms in total. The van der Waals surface area contributed by atoms with Crippen LogP contribution in [-0.4, -0.2) is 25.0 Å². The Morgan fingerprint density at radius 3 is 3.06 bits per heavy atom. The van der Waals surface area contributed by atoms with Gasteiger partial charge in [-0.15, -0.1) is 0 Å². The maximum Gasteiger partial charge on any atom is 0.251 e. The van der Waals surface area contributed by atoms with E-state index in [0.717, 1.165) is 25.1 Å². The van der Waals surface area contributed by atoms with Crippen LogP contribution >= 0.6 is 11.6 Å². The van der Waals surface area contributed by atoms with Crippen LogP contribution in [0.3, 0.4) is 0 Å². The molecule has 16 heavy (non-hydrogen) atoms. The fourth-order valence-electron chi connectivity index (χ4n) is 1.89. The van der Waals surface area contributed by atoms with Crippen molar-refractivity contribution in [3.8, 4) is 0 Å². The Bertz CT molecular complexity index is 400. The van der Waals surface area contributed by atoms with Gasteiger partial charge in [0.2, 0.25) is 0 Å². The van der Waals surface area contributed by atoms with Gasteiger partial charge in [-0.25, -0.2) is 0 Å². The molecule has 0 aromatic heterocycles. The van der Waals surface area contributed by atoms with E-state index in [1.165, 1.54) is 0 Å². The van der Waals surface area contributed by atoms with Crippen LogP contribution in [0.2, 0.25) is 5.02 Å². The second-order valence-corrected chi connectivity index (χ2v) is 4.48. The molecule has 1 aromatic rings. The van der Waals surface area contributed by atoms with Crippen LogP contribution in [-0.2, 0) is 0 Å². The number of nitrogens with one attached hydrogen (secondary N) is 2. The lowest BCUT2D eigenvalue weighted by molar-refractivity contribution is 0.0939. The average Bonchev–Trinajstić information content (AvgIpc) is 2.74. The van der Waals surface area contributed by atoms with Gasteiger partial charge in [0.1, 0.15) is 0 Å². The van der Waals surface area contributed by atoms with Crippen LogP contribution in [0.15, 0.2) is 18.2 Å². The van der Waals surface area contributed by atoms with Crippen molar-refractivity contribution in [2.24, 2.45) is 0 Å². The minimum atomic E-state index is -0.0336. The third-order valence-corrected chi connectivity index (χ3v) is 3.32. The van der Waals surface area contributed by atoms with Crippen LogP contribution in [0.5, 0.6) is 0 Å². The summed E-state index contributed by atoms with van der Waals surface area (Å²) >= 11 is 5.98. The highest BCUT2D eigenvalue weighted by Gasteiger charge is 2.18. The van der Waals surface area contributed by atoms with Crippen molar-refractivity contribution < 1.29 is 4.79 Å². The Balaban J connectivity index is 2.11. The third-order valence-electron chi connectivity index (χ3n) is 2.91. The molecule has 0 saturated carbocycles. The van der Waals surface area contributed by atoms with E-state index in [4.69, 9.17) is 11.6 Å². The van der Waals surface area contributed by atoms with Gasteiger partial charge < -0.3 is 10.6 Å². The number of carbonyl (C=O) groups excluding carboxylic acids is 1. The number of amides is 1. The molecular formula is C12H15ClN2O. The number of carbonyl (C=O) groups is 1. The largest absolute Gasteiger partial charge is 0.348 e. The molecule has 1 atom stereocenters. The Morgan fingerprint density at radius 2 is 2.38 bits per heavy atom.